The van der Waals surface area contributed by atoms with Crippen LogP contribution in [0.5, 0.6) is 0 Å². The topological polar surface area (TPSA) is 132 Å². The summed E-state index contributed by atoms with van der Waals surface area (Å²) in [5.41, 5.74) is -2.97. The summed E-state index contributed by atoms with van der Waals surface area (Å²) >= 11 is 0. The van der Waals surface area contributed by atoms with Crippen LogP contribution in [0.4, 0.5) is 0 Å². The molecule has 148 valence electrons. The van der Waals surface area contributed by atoms with Gasteiger partial charge >= 0.3 is 17.9 Å². The number of carboxylic acid groups (broad SMARTS) is 3. The molecule has 27 heavy (non-hydrogen) atoms. The quantitative estimate of drug-likeness (QED) is 0.552. The molecule has 8 unspecified atom stereocenters. The maximum absolute atomic E-state index is 12.7. The van der Waals surface area contributed by atoms with Crippen molar-refractivity contribution in [3.8, 4) is 0 Å². The molecule has 0 aromatic rings. The number of aliphatic carboxylic acids is 3. The Morgan fingerprint density at radius 3 is 2.26 bits per heavy atom. The molecular weight excluding hydrogens is 352 g/mol. The van der Waals surface area contributed by atoms with Crippen molar-refractivity contribution in [3.05, 3.63) is 12.2 Å². The first-order chi connectivity index (χ1) is 12.5. The summed E-state index contributed by atoms with van der Waals surface area (Å²) in [6, 6.07) is 0. The van der Waals surface area contributed by atoms with Gasteiger partial charge in [-0.3, -0.25) is 14.4 Å². The lowest BCUT2D eigenvalue weighted by atomic mass is 9.51. The van der Waals surface area contributed by atoms with Crippen molar-refractivity contribution in [2.75, 3.05) is 0 Å². The van der Waals surface area contributed by atoms with Crippen LogP contribution < -0.4 is 0 Å². The van der Waals surface area contributed by atoms with Gasteiger partial charge in [0.2, 0.25) is 0 Å². The molecule has 0 heterocycles. The number of carbonyl (C=O) groups is 3. The van der Waals surface area contributed by atoms with Crippen molar-refractivity contribution in [1.82, 2.24) is 0 Å². The molecule has 4 rings (SSSR count). The number of fused-ring (bicyclic) bond motifs is 3. The summed E-state index contributed by atoms with van der Waals surface area (Å²) < 4.78 is 0. The fourth-order valence-corrected chi connectivity index (χ4v) is 7.80. The van der Waals surface area contributed by atoms with E-state index in [1.165, 1.54) is 6.92 Å². The Morgan fingerprint density at radius 2 is 1.70 bits per heavy atom. The first-order valence-corrected chi connectivity index (χ1v) is 9.56. The molecule has 7 heteroatoms. The first kappa shape index (κ1) is 18.5. The number of hydrogen-bond acceptors (Lipinski definition) is 4. The predicted octanol–water partition coefficient (Wildman–Crippen LogP) is 2.00. The monoisotopic (exact) mass is 378 g/mol. The molecule has 4 saturated carbocycles. The first-order valence-electron chi connectivity index (χ1n) is 9.56. The van der Waals surface area contributed by atoms with E-state index in [1.807, 2.05) is 0 Å². The van der Waals surface area contributed by atoms with Crippen LogP contribution in [0.15, 0.2) is 12.2 Å². The van der Waals surface area contributed by atoms with Crippen molar-refractivity contribution in [1.29, 1.82) is 0 Å². The molecule has 4 aliphatic rings. The van der Waals surface area contributed by atoms with E-state index in [4.69, 9.17) is 0 Å². The summed E-state index contributed by atoms with van der Waals surface area (Å²) in [5, 5.41) is 41.0. The fourth-order valence-electron chi connectivity index (χ4n) is 7.80. The van der Waals surface area contributed by atoms with E-state index in [0.29, 0.717) is 19.3 Å². The number of carboxylic acids is 3. The van der Waals surface area contributed by atoms with Gasteiger partial charge < -0.3 is 20.4 Å². The fraction of sp³-hybridized carbons (Fsp3) is 0.750. The van der Waals surface area contributed by atoms with Crippen molar-refractivity contribution in [3.63, 3.8) is 0 Å². The molecule has 4 fully saturated rings. The molecular formula is C20H26O7. The molecule has 1 spiro atoms. The molecule has 7 nitrogen and oxygen atoms in total. The Morgan fingerprint density at radius 1 is 1.04 bits per heavy atom. The molecule has 4 N–H and O–H groups in total. The molecule has 0 aromatic heterocycles. The highest BCUT2D eigenvalue weighted by Gasteiger charge is 2.79. The number of aliphatic hydroxyl groups is 1. The molecule has 0 amide bonds. The van der Waals surface area contributed by atoms with E-state index in [0.717, 1.165) is 12.0 Å². The summed E-state index contributed by atoms with van der Waals surface area (Å²) in [4.78, 5) is 37.4. The van der Waals surface area contributed by atoms with Gasteiger partial charge in [-0.2, -0.15) is 0 Å². The van der Waals surface area contributed by atoms with E-state index in [9.17, 15) is 34.8 Å². The lowest BCUT2D eigenvalue weighted by Gasteiger charge is -2.50. The molecule has 0 radical (unpaired) electrons. The second kappa shape index (κ2) is 5.34. The number of rotatable bonds is 3. The third kappa shape index (κ3) is 1.98. The third-order valence-corrected chi connectivity index (χ3v) is 8.46. The van der Waals surface area contributed by atoms with E-state index in [2.05, 4.69) is 6.58 Å². The van der Waals surface area contributed by atoms with Crippen LogP contribution in [0.2, 0.25) is 0 Å². The van der Waals surface area contributed by atoms with Gasteiger partial charge in [0, 0.05) is 5.92 Å². The van der Waals surface area contributed by atoms with Crippen LogP contribution in [0.1, 0.15) is 45.4 Å². The second-order valence-corrected chi connectivity index (χ2v) is 9.52. The SMILES string of the molecule is C=C1CC23CC1CCC2C1(C(=O)O)CC(O)CC(C)(C(=O)O)C1C3C(=O)O. The Labute approximate surface area is 157 Å². The molecule has 2 bridgehead atoms. The predicted molar refractivity (Wildman–Crippen MR) is 92.7 cm³/mol. The van der Waals surface area contributed by atoms with Gasteiger partial charge in [0.25, 0.3) is 0 Å². The van der Waals surface area contributed by atoms with Gasteiger partial charge in [0.05, 0.1) is 22.9 Å². The maximum atomic E-state index is 12.7. The van der Waals surface area contributed by atoms with Crippen molar-refractivity contribution < 1.29 is 34.8 Å². The summed E-state index contributed by atoms with van der Waals surface area (Å²) in [7, 11) is 0. The normalized spacial score (nSPS) is 50.7. The third-order valence-electron chi connectivity index (χ3n) is 8.46. The zero-order chi connectivity index (χ0) is 19.9. The van der Waals surface area contributed by atoms with Gasteiger partial charge in [0.15, 0.2) is 0 Å². The van der Waals surface area contributed by atoms with Crippen LogP contribution in [-0.4, -0.2) is 44.4 Å². The second-order valence-electron chi connectivity index (χ2n) is 9.52. The van der Waals surface area contributed by atoms with E-state index in [1.54, 1.807) is 0 Å². The lowest BCUT2D eigenvalue weighted by molar-refractivity contribution is -0.186. The van der Waals surface area contributed by atoms with Crippen molar-refractivity contribution in [2.24, 2.45) is 39.9 Å². The number of hydrogen-bond donors (Lipinski definition) is 4. The molecule has 0 aromatic carbocycles. The van der Waals surface area contributed by atoms with E-state index < -0.39 is 58.0 Å². The lowest BCUT2D eigenvalue weighted by Crippen LogP contribution is -2.58. The average molecular weight is 378 g/mol. The Balaban J connectivity index is 2.02. The van der Waals surface area contributed by atoms with Gasteiger partial charge in [0.1, 0.15) is 0 Å². The smallest absolute Gasteiger partial charge is 0.310 e. The highest BCUT2D eigenvalue weighted by Crippen LogP contribution is 2.77. The largest absolute Gasteiger partial charge is 0.481 e. The number of aliphatic hydroxyl groups excluding tert-OH is 1. The minimum absolute atomic E-state index is 0.0801. The van der Waals surface area contributed by atoms with Crippen molar-refractivity contribution in [2.45, 2.75) is 51.6 Å². The molecule has 0 saturated heterocycles. The minimum Gasteiger partial charge on any atom is -0.481 e. The zero-order valence-electron chi connectivity index (χ0n) is 15.4. The average Bonchev–Trinajstić information content (AvgIpc) is 2.96. The van der Waals surface area contributed by atoms with Crippen LogP contribution >= 0.6 is 0 Å². The number of allylic oxidation sites excluding steroid dienone is 1. The molecule has 0 aliphatic heterocycles. The van der Waals surface area contributed by atoms with Crippen molar-refractivity contribution >= 4 is 17.9 Å². The highest BCUT2D eigenvalue weighted by atomic mass is 16.4. The Hall–Kier alpha value is -1.89. The van der Waals surface area contributed by atoms with Crippen LogP contribution in [0.3, 0.4) is 0 Å². The van der Waals surface area contributed by atoms with Gasteiger partial charge in [-0.05, 0) is 62.7 Å². The Bertz CT molecular complexity index is 759. The standard InChI is InChI=1S/C20H26O7/c1-9-5-19-6-10(9)3-4-12(19)20(17(26)27)8-11(21)7-18(2,16(24)25)14(20)13(19)15(22)23/h10-14,21H,1,3-8H2,2H3,(H,22,23)(H,24,25)(H,26,27). The summed E-state index contributed by atoms with van der Waals surface area (Å²) in [6.45, 7) is 5.53. The van der Waals surface area contributed by atoms with Gasteiger partial charge in [-0.1, -0.05) is 12.2 Å². The van der Waals surface area contributed by atoms with E-state index >= 15 is 0 Å². The molecule has 8 atom stereocenters. The van der Waals surface area contributed by atoms with Crippen LogP contribution in [-0.2, 0) is 14.4 Å². The van der Waals surface area contributed by atoms with Crippen LogP contribution in [0, 0.1) is 39.9 Å². The van der Waals surface area contributed by atoms with Gasteiger partial charge in [-0.15, -0.1) is 0 Å². The minimum atomic E-state index is -1.61. The Kier molecular flexibility index (Phi) is 3.65. The zero-order valence-corrected chi connectivity index (χ0v) is 15.4. The van der Waals surface area contributed by atoms with Crippen LogP contribution in [0.25, 0.3) is 0 Å². The highest BCUT2D eigenvalue weighted by molar-refractivity contribution is 5.86. The maximum Gasteiger partial charge on any atom is 0.310 e. The summed E-state index contributed by atoms with van der Waals surface area (Å²) in [6.07, 6.45) is 1.01. The van der Waals surface area contributed by atoms with E-state index in [-0.39, 0.29) is 18.8 Å². The molecule has 4 aliphatic carbocycles. The summed E-state index contributed by atoms with van der Waals surface area (Å²) in [5.74, 6) is -5.92. The van der Waals surface area contributed by atoms with Gasteiger partial charge in [-0.25, -0.2) is 0 Å².